The molecule has 0 aliphatic carbocycles. The SMILES string of the molecule is O=C(NCCC(F)(F)F)c1cccc(Cl)c1-n1cnc(Cn2nc(-c3ccc(Cl)cc3)n(CC(O)C(F)(F)F)c2=O)n1. The van der Waals surface area contributed by atoms with Gasteiger partial charge in [-0.3, -0.25) is 9.36 Å². The van der Waals surface area contributed by atoms with Crippen molar-refractivity contribution in [1.82, 2.24) is 34.4 Å². The Morgan fingerprint density at radius 1 is 1.02 bits per heavy atom. The third kappa shape index (κ3) is 7.30. The smallest absolute Gasteiger partial charge is 0.382 e. The van der Waals surface area contributed by atoms with Gasteiger partial charge in [-0.05, 0) is 36.4 Å². The molecule has 1 unspecified atom stereocenters. The van der Waals surface area contributed by atoms with Gasteiger partial charge in [0.25, 0.3) is 5.91 Å². The van der Waals surface area contributed by atoms with Gasteiger partial charge < -0.3 is 10.4 Å². The fourth-order valence-electron chi connectivity index (χ4n) is 3.75. The van der Waals surface area contributed by atoms with E-state index in [1.54, 1.807) is 0 Å². The number of nitrogens with one attached hydrogen (secondary N) is 1. The summed E-state index contributed by atoms with van der Waals surface area (Å²) in [4.78, 5) is 29.7. The lowest BCUT2D eigenvalue weighted by molar-refractivity contribution is -0.207. The predicted octanol–water partition coefficient (Wildman–Crippen LogP) is 4.25. The van der Waals surface area contributed by atoms with Gasteiger partial charge in [0.05, 0.1) is 29.2 Å². The van der Waals surface area contributed by atoms with Crippen molar-refractivity contribution in [1.29, 1.82) is 0 Å². The Balaban J connectivity index is 1.65. The molecule has 4 aromatic rings. The van der Waals surface area contributed by atoms with Crippen LogP contribution in [0.2, 0.25) is 10.0 Å². The molecule has 0 radical (unpaired) electrons. The largest absolute Gasteiger partial charge is 0.416 e. The topological polar surface area (TPSA) is 120 Å². The first-order valence-corrected chi connectivity index (χ1v) is 12.6. The van der Waals surface area contributed by atoms with Crippen LogP contribution in [-0.4, -0.2) is 65.1 Å². The highest BCUT2D eigenvalue weighted by Crippen LogP contribution is 2.26. The molecule has 0 fully saturated rings. The Morgan fingerprint density at radius 2 is 1.71 bits per heavy atom. The number of aromatic nitrogens is 6. The van der Waals surface area contributed by atoms with E-state index in [1.807, 2.05) is 0 Å². The minimum Gasteiger partial charge on any atom is -0.382 e. The first kappa shape index (κ1) is 31.1. The molecule has 0 bridgehead atoms. The quantitative estimate of drug-likeness (QED) is 0.265. The maximum Gasteiger partial charge on any atom is 0.416 e. The van der Waals surface area contributed by atoms with Crippen molar-refractivity contribution in [2.75, 3.05) is 6.54 Å². The summed E-state index contributed by atoms with van der Waals surface area (Å²) in [5.41, 5.74) is -0.911. The van der Waals surface area contributed by atoms with E-state index in [1.165, 1.54) is 42.5 Å². The Bertz CT molecular complexity index is 1630. The maximum absolute atomic E-state index is 13.1. The number of carbonyl (C=O) groups is 1. The number of amides is 1. The zero-order chi connectivity index (χ0) is 30.8. The van der Waals surface area contributed by atoms with Gasteiger partial charge in [-0.2, -0.15) is 26.3 Å². The van der Waals surface area contributed by atoms with Gasteiger partial charge in [-0.15, -0.1) is 10.2 Å². The van der Waals surface area contributed by atoms with Crippen molar-refractivity contribution in [3.05, 3.63) is 80.7 Å². The number of hydrogen-bond donors (Lipinski definition) is 2. The van der Waals surface area contributed by atoms with Crippen LogP contribution in [0.25, 0.3) is 17.1 Å². The summed E-state index contributed by atoms with van der Waals surface area (Å²) < 4.78 is 79.2. The van der Waals surface area contributed by atoms with Gasteiger partial charge in [0.1, 0.15) is 12.9 Å². The summed E-state index contributed by atoms with van der Waals surface area (Å²) in [6.07, 6.45) is -12.5. The Morgan fingerprint density at radius 3 is 2.36 bits per heavy atom. The maximum atomic E-state index is 13.1. The molecule has 0 saturated carbocycles. The zero-order valence-corrected chi connectivity index (χ0v) is 22.5. The van der Waals surface area contributed by atoms with E-state index in [4.69, 9.17) is 23.2 Å². The van der Waals surface area contributed by atoms with E-state index in [9.17, 15) is 41.0 Å². The minimum atomic E-state index is -5.01. The van der Waals surface area contributed by atoms with Crippen molar-refractivity contribution in [3.8, 4) is 17.1 Å². The number of carbonyl (C=O) groups excluding carboxylic acids is 1. The van der Waals surface area contributed by atoms with Crippen LogP contribution in [0.4, 0.5) is 26.3 Å². The third-order valence-electron chi connectivity index (χ3n) is 5.74. The molecule has 0 saturated heterocycles. The summed E-state index contributed by atoms with van der Waals surface area (Å²) in [5, 5.41) is 20.4. The molecule has 0 aliphatic rings. The monoisotopic (exact) mass is 637 g/mol. The number of hydrogen-bond acceptors (Lipinski definition) is 6. The first-order valence-electron chi connectivity index (χ1n) is 11.9. The van der Waals surface area contributed by atoms with E-state index >= 15 is 0 Å². The van der Waals surface area contributed by atoms with Gasteiger partial charge in [-0.1, -0.05) is 29.3 Å². The highest BCUT2D eigenvalue weighted by molar-refractivity contribution is 6.33. The van der Waals surface area contributed by atoms with Gasteiger partial charge in [0.2, 0.25) is 0 Å². The van der Waals surface area contributed by atoms with E-state index in [0.717, 1.165) is 15.7 Å². The van der Waals surface area contributed by atoms with E-state index in [0.29, 0.717) is 9.59 Å². The highest BCUT2D eigenvalue weighted by Gasteiger charge is 2.39. The summed E-state index contributed by atoms with van der Waals surface area (Å²) in [7, 11) is 0. The molecule has 2 N–H and O–H groups in total. The molecule has 4 rings (SSSR count). The number of aliphatic hydroxyl groups is 1. The lowest BCUT2D eigenvalue weighted by atomic mass is 10.1. The van der Waals surface area contributed by atoms with E-state index < -0.39 is 56.1 Å². The highest BCUT2D eigenvalue weighted by atomic mass is 35.5. The Labute approximate surface area is 242 Å². The number of halogens is 8. The van der Waals surface area contributed by atoms with E-state index in [2.05, 4.69) is 20.5 Å². The Hall–Kier alpha value is -3.89. The average molecular weight is 638 g/mol. The molecule has 0 aliphatic heterocycles. The molecular weight excluding hydrogens is 619 g/mol. The van der Waals surface area contributed by atoms with Crippen LogP contribution in [-0.2, 0) is 13.1 Å². The fraction of sp³-hybridized carbons (Fsp3) is 0.292. The molecule has 0 spiro atoms. The molecule has 1 atom stereocenters. The van der Waals surface area contributed by atoms with Crippen molar-refractivity contribution in [2.24, 2.45) is 0 Å². The molecule has 2 heterocycles. The van der Waals surface area contributed by atoms with Gasteiger partial charge in [-0.25, -0.2) is 19.1 Å². The van der Waals surface area contributed by atoms with Crippen LogP contribution < -0.4 is 11.0 Å². The van der Waals surface area contributed by atoms with Crippen LogP contribution in [0.1, 0.15) is 22.6 Å². The summed E-state index contributed by atoms with van der Waals surface area (Å²) in [6, 6.07) is 9.85. The van der Waals surface area contributed by atoms with Crippen LogP contribution in [0.3, 0.4) is 0 Å². The van der Waals surface area contributed by atoms with Gasteiger partial charge in [0, 0.05) is 17.1 Å². The number of alkyl halides is 6. The second kappa shape index (κ2) is 12.1. The minimum absolute atomic E-state index is 0.00234. The lowest BCUT2D eigenvalue weighted by Crippen LogP contribution is -2.37. The number of aliphatic hydroxyl groups excluding tert-OH is 1. The first-order chi connectivity index (χ1) is 19.6. The van der Waals surface area contributed by atoms with Crippen LogP contribution in [0, 0.1) is 0 Å². The summed E-state index contributed by atoms with van der Waals surface area (Å²) >= 11 is 12.1. The number of rotatable bonds is 9. The third-order valence-corrected chi connectivity index (χ3v) is 6.30. The second-order valence-corrected chi connectivity index (χ2v) is 9.64. The fourth-order valence-corrected chi connectivity index (χ4v) is 4.14. The van der Waals surface area contributed by atoms with Gasteiger partial charge >= 0.3 is 18.0 Å². The molecule has 2 aromatic heterocycles. The molecule has 42 heavy (non-hydrogen) atoms. The predicted molar refractivity (Wildman–Crippen MR) is 137 cm³/mol. The summed E-state index contributed by atoms with van der Waals surface area (Å²) in [5.74, 6) is -1.13. The van der Waals surface area contributed by atoms with Crippen molar-refractivity contribution >= 4 is 29.1 Å². The second-order valence-electron chi connectivity index (χ2n) is 8.80. The normalized spacial score (nSPS) is 12.9. The Kier molecular flexibility index (Phi) is 8.98. The molecule has 224 valence electrons. The average Bonchev–Trinajstić information content (AvgIpc) is 3.48. The van der Waals surface area contributed by atoms with Crippen LogP contribution in [0.15, 0.2) is 53.6 Å². The molecule has 2 aromatic carbocycles. The van der Waals surface area contributed by atoms with Crippen molar-refractivity contribution in [3.63, 3.8) is 0 Å². The number of para-hydroxylation sites is 1. The number of nitrogens with zero attached hydrogens (tertiary/aromatic N) is 6. The van der Waals surface area contributed by atoms with Crippen LogP contribution in [0.5, 0.6) is 0 Å². The van der Waals surface area contributed by atoms with Gasteiger partial charge in [0.15, 0.2) is 17.8 Å². The molecule has 1 amide bonds. The number of benzene rings is 2. The van der Waals surface area contributed by atoms with Crippen molar-refractivity contribution < 1.29 is 36.2 Å². The van der Waals surface area contributed by atoms with Crippen LogP contribution >= 0.6 is 23.2 Å². The molecule has 10 nitrogen and oxygen atoms in total. The van der Waals surface area contributed by atoms with Crippen molar-refractivity contribution in [2.45, 2.75) is 38.0 Å². The molecule has 18 heteroatoms. The summed E-state index contributed by atoms with van der Waals surface area (Å²) in [6.45, 7) is -2.27. The lowest BCUT2D eigenvalue weighted by Gasteiger charge is -2.15. The standard InChI is InChI=1S/C24H19Cl2F6N7O3/c25-14-6-4-13(5-7-14)20-36-38(22(42)37(20)10-17(40)24(30,31)32)11-18-34-12-39(35-18)19-15(2-1-3-16(19)26)21(41)33-9-8-23(27,28)29/h1-7,12,17,40H,8-11H2,(H,33,41). The van der Waals surface area contributed by atoms with E-state index in [-0.39, 0.29) is 33.5 Å². The zero-order valence-electron chi connectivity index (χ0n) is 21.0. The molecular formula is C24H19Cl2F6N7O3.